The summed E-state index contributed by atoms with van der Waals surface area (Å²) in [6.07, 6.45) is 1.26. The summed E-state index contributed by atoms with van der Waals surface area (Å²) < 4.78 is 16.9. The Morgan fingerprint density at radius 1 is 1.27 bits per heavy atom. The molecule has 0 aliphatic heterocycles. The van der Waals surface area contributed by atoms with Crippen molar-refractivity contribution < 1.29 is 14.3 Å². The molecular weight excluding hydrogens is 377 g/mol. The molecule has 2 aromatic carbocycles. The van der Waals surface area contributed by atoms with E-state index >= 15 is 0 Å². The quantitative estimate of drug-likeness (QED) is 0.551. The Morgan fingerprint density at radius 3 is 2.85 bits per heavy atom. The van der Waals surface area contributed by atoms with Gasteiger partial charge in [-0.25, -0.2) is 9.18 Å². The van der Waals surface area contributed by atoms with Gasteiger partial charge in [0.15, 0.2) is 0 Å². The monoisotopic (exact) mass is 387 g/mol. The molecule has 0 aliphatic carbocycles. The summed E-state index contributed by atoms with van der Waals surface area (Å²) in [6, 6.07) is 9.81. The van der Waals surface area contributed by atoms with Gasteiger partial charge >= 0.3 is 5.97 Å². The molecule has 0 bridgehead atoms. The highest BCUT2D eigenvalue weighted by Gasteiger charge is 2.18. The Kier molecular flexibility index (Phi) is 4.01. The Morgan fingerprint density at radius 2 is 2.08 bits per heavy atom. The van der Waals surface area contributed by atoms with Crippen molar-refractivity contribution in [3.8, 4) is 0 Å². The van der Waals surface area contributed by atoms with Crippen LogP contribution in [0.2, 0.25) is 5.02 Å². The first kappa shape index (κ1) is 16.8. The molecule has 0 saturated heterocycles. The molecule has 0 amide bonds. The summed E-state index contributed by atoms with van der Waals surface area (Å²) in [7, 11) is 0. The van der Waals surface area contributed by atoms with Crippen molar-refractivity contribution in [3.05, 3.63) is 80.2 Å². The number of halogens is 2. The summed E-state index contributed by atoms with van der Waals surface area (Å²) in [5.41, 5.74) is -0.0142. The number of aromatic nitrogens is 1. The predicted octanol–water partition coefficient (Wildman–Crippen LogP) is 4.76. The number of carboxylic acids is 1. The Balaban J connectivity index is 1.97. The van der Waals surface area contributed by atoms with Gasteiger partial charge in [0.05, 0.1) is 10.9 Å². The fourth-order valence-electron chi connectivity index (χ4n) is 3.04. The lowest BCUT2D eigenvalue weighted by Gasteiger charge is -2.12. The molecule has 4 aromatic rings. The standard InChI is InChI=1S/C19H11ClFNO3S/c20-11-4-5-16-12(6-11)10(9-26-16)7-22-8-13(19(24)25)18(23)17-14(21)2-1-3-15(17)22/h1-6,8-9H,7H2,(H,24,25). The fraction of sp³-hybridized carbons (Fsp3) is 0.0526. The number of carbonyl (C=O) groups is 1. The van der Waals surface area contributed by atoms with E-state index in [1.807, 2.05) is 17.5 Å². The second-order valence-electron chi connectivity index (χ2n) is 5.84. The van der Waals surface area contributed by atoms with Crippen LogP contribution in [0.25, 0.3) is 21.0 Å². The average molecular weight is 388 g/mol. The maximum Gasteiger partial charge on any atom is 0.341 e. The summed E-state index contributed by atoms with van der Waals surface area (Å²) in [4.78, 5) is 23.8. The lowest BCUT2D eigenvalue weighted by Crippen LogP contribution is -2.20. The zero-order chi connectivity index (χ0) is 18.4. The molecule has 2 aromatic heterocycles. The fourth-order valence-corrected chi connectivity index (χ4v) is 4.15. The number of aromatic carboxylic acids is 1. The van der Waals surface area contributed by atoms with E-state index in [0.717, 1.165) is 21.7 Å². The third kappa shape index (κ3) is 2.67. The van der Waals surface area contributed by atoms with Crippen LogP contribution in [0.5, 0.6) is 0 Å². The molecule has 0 unspecified atom stereocenters. The maximum atomic E-state index is 14.2. The van der Waals surface area contributed by atoms with E-state index in [4.69, 9.17) is 11.6 Å². The van der Waals surface area contributed by atoms with Crippen molar-refractivity contribution in [2.75, 3.05) is 0 Å². The smallest absolute Gasteiger partial charge is 0.341 e. The van der Waals surface area contributed by atoms with Crippen LogP contribution in [0.15, 0.2) is 52.8 Å². The third-order valence-electron chi connectivity index (χ3n) is 4.24. The van der Waals surface area contributed by atoms with E-state index in [9.17, 15) is 19.1 Å². The summed E-state index contributed by atoms with van der Waals surface area (Å²) in [5, 5.41) is 12.6. The zero-order valence-corrected chi connectivity index (χ0v) is 14.8. The number of benzene rings is 2. The molecule has 0 aliphatic rings. The number of pyridine rings is 1. The third-order valence-corrected chi connectivity index (χ3v) is 5.49. The molecule has 1 N–H and O–H groups in total. The lowest BCUT2D eigenvalue weighted by molar-refractivity contribution is 0.0695. The molecule has 4 nitrogen and oxygen atoms in total. The summed E-state index contributed by atoms with van der Waals surface area (Å²) in [6.45, 7) is 0.293. The zero-order valence-electron chi connectivity index (χ0n) is 13.2. The minimum atomic E-state index is -1.38. The molecule has 7 heteroatoms. The first-order valence-electron chi connectivity index (χ1n) is 7.66. The number of hydrogen-bond acceptors (Lipinski definition) is 3. The Labute approximate surface area is 155 Å². The van der Waals surface area contributed by atoms with Crippen molar-refractivity contribution in [2.24, 2.45) is 0 Å². The normalized spacial score (nSPS) is 11.3. The molecule has 26 heavy (non-hydrogen) atoms. The number of thiophene rings is 1. The number of nitrogens with zero attached hydrogens (tertiary/aromatic N) is 1. The number of rotatable bonds is 3. The van der Waals surface area contributed by atoms with Crippen LogP contribution in [0.3, 0.4) is 0 Å². The Hall–Kier alpha value is -2.70. The van der Waals surface area contributed by atoms with Crippen molar-refractivity contribution in [2.45, 2.75) is 6.54 Å². The topological polar surface area (TPSA) is 59.3 Å². The van der Waals surface area contributed by atoms with E-state index in [1.165, 1.54) is 23.6 Å². The largest absolute Gasteiger partial charge is 0.477 e. The average Bonchev–Trinajstić information content (AvgIpc) is 2.99. The van der Waals surface area contributed by atoms with Crippen LogP contribution < -0.4 is 5.43 Å². The van der Waals surface area contributed by atoms with Crippen LogP contribution >= 0.6 is 22.9 Å². The lowest BCUT2D eigenvalue weighted by atomic mass is 10.1. The van der Waals surface area contributed by atoms with Gasteiger partial charge in [-0.1, -0.05) is 17.7 Å². The first-order valence-corrected chi connectivity index (χ1v) is 8.92. The molecule has 4 rings (SSSR count). The van der Waals surface area contributed by atoms with E-state index in [2.05, 4.69) is 0 Å². The highest BCUT2D eigenvalue weighted by molar-refractivity contribution is 7.17. The van der Waals surface area contributed by atoms with Crippen LogP contribution in [0, 0.1) is 5.82 Å². The first-order chi connectivity index (χ1) is 12.5. The highest BCUT2D eigenvalue weighted by Crippen LogP contribution is 2.30. The van der Waals surface area contributed by atoms with Gasteiger partial charge in [-0.3, -0.25) is 4.79 Å². The van der Waals surface area contributed by atoms with Crippen molar-refractivity contribution in [3.63, 3.8) is 0 Å². The van der Waals surface area contributed by atoms with Crippen LogP contribution in [-0.2, 0) is 6.54 Å². The molecule has 0 spiro atoms. The molecule has 0 atom stereocenters. The van der Waals surface area contributed by atoms with Crippen molar-refractivity contribution in [1.82, 2.24) is 4.57 Å². The van der Waals surface area contributed by atoms with Gasteiger partial charge < -0.3 is 9.67 Å². The van der Waals surface area contributed by atoms with Gasteiger partial charge in [-0.15, -0.1) is 11.3 Å². The minimum absolute atomic E-state index is 0.218. The van der Waals surface area contributed by atoms with E-state index in [0.29, 0.717) is 17.1 Å². The number of carboxylic acid groups (broad SMARTS) is 1. The molecule has 130 valence electrons. The molecule has 0 saturated carbocycles. The van der Waals surface area contributed by atoms with E-state index < -0.39 is 22.8 Å². The SMILES string of the molecule is O=C(O)c1cn(Cc2csc3ccc(Cl)cc23)c2cccc(F)c2c1=O. The minimum Gasteiger partial charge on any atom is -0.477 e. The molecular formula is C19H11ClFNO3S. The van der Waals surface area contributed by atoms with E-state index in [-0.39, 0.29) is 5.39 Å². The maximum absolute atomic E-state index is 14.2. The number of fused-ring (bicyclic) bond motifs is 2. The van der Waals surface area contributed by atoms with Gasteiger partial charge in [0.2, 0.25) is 5.43 Å². The van der Waals surface area contributed by atoms with Gasteiger partial charge in [0.1, 0.15) is 11.4 Å². The van der Waals surface area contributed by atoms with Crippen molar-refractivity contribution >= 4 is 49.9 Å². The van der Waals surface area contributed by atoms with E-state index in [1.54, 1.807) is 16.7 Å². The van der Waals surface area contributed by atoms with Crippen LogP contribution in [-0.4, -0.2) is 15.6 Å². The second kappa shape index (κ2) is 6.23. The predicted molar refractivity (Wildman–Crippen MR) is 101 cm³/mol. The summed E-state index contributed by atoms with van der Waals surface area (Å²) >= 11 is 7.62. The number of hydrogen-bond donors (Lipinski definition) is 1. The molecule has 2 heterocycles. The molecule has 0 fully saturated rings. The summed E-state index contributed by atoms with van der Waals surface area (Å²) in [5.74, 6) is -2.12. The van der Waals surface area contributed by atoms with Gasteiger partial charge in [0.25, 0.3) is 0 Å². The van der Waals surface area contributed by atoms with Gasteiger partial charge in [-0.2, -0.15) is 0 Å². The Bertz CT molecular complexity index is 1240. The highest BCUT2D eigenvalue weighted by atomic mass is 35.5. The van der Waals surface area contributed by atoms with Crippen molar-refractivity contribution in [1.29, 1.82) is 0 Å². The molecule has 0 radical (unpaired) electrons. The van der Waals surface area contributed by atoms with Gasteiger partial charge in [0, 0.05) is 22.5 Å². The van der Waals surface area contributed by atoms with Crippen LogP contribution in [0.4, 0.5) is 4.39 Å². The van der Waals surface area contributed by atoms with Gasteiger partial charge in [-0.05, 0) is 46.7 Å². The van der Waals surface area contributed by atoms with Crippen LogP contribution in [0.1, 0.15) is 15.9 Å². The second-order valence-corrected chi connectivity index (χ2v) is 7.19.